The van der Waals surface area contributed by atoms with E-state index in [9.17, 15) is 0 Å². The van der Waals surface area contributed by atoms with Crippen molar-refractivity contribution in [2.75, 3.05) is 25.5 Å². The van der Waals surface area contributed by atoms with Gasteiger partial charge in [-0.2, -0.15) is 0 Å². The first-order chi connectivity index (χ1) is 8.78. The van der Waals surface area contributed by atoms with Crippen molar-refractivity contribution in [2.45, 2.75) is 26.2 Å². The molecule has 0 spiro atoms. The van der Waals surface area contributed by atoms with Crippen LogP contribution in [0.5, 0.6) is 0 Å². The molecule has 1 unspecified atom stereocenters. The van der Waals surface area contributed by atoms with Crippen LogP contribution in [0.25, 0.3) is 0 Å². The third-order valence-corrected chi connectivity index (χ3v) is 4.43. The van der Waals surface area contributed by atoms with Crippen LogP contribution in [0.1, 0.15) is 25.3 Å². The van der Waals surface area contributed by atoms with Crippen molar-refractivity contribution in [3.8, 4) is 0 Å². The monoisotopic (exact) mass is 265 g/mol. The summed E-state index contributed by atoms with van der Waals surface area (Å²) in [4.78, 5) is 2.58. The summed E-state index contributed by atoms with van der Waals surface area (Å²) in [7, 11) is 0. The number of hydrogen-bond donors (Lipinski definition) is 0. The average Bonchev–Trinajstić information content (AvgIpc) is 2.42. The topological polar surface area (TPSA) is 3.24 Å². The summed E-state index contributed by atoms with van der Waals surface area (Å²) in [5, 5.41) is 0. The van der Waals surface area contributed by atoms with Gasteiger partial charge in [0.05, 0.1) is 0 Å². The molecule has 1 aromatic carbocycles. The van der Waals surface area contributed by atoms with Gasteiger partial charge in [-0.25, -0.2) is 0 Å². The van der Waals surface area contributed by atoms with Crippen molar-refractivity contribution in [3.05, 3.63) is 35.9 Å². The fourth-order valence-corrected chi connectivity index (χ4v) is 2.91. The number of piperidine rings is 1. The quantitative estimate of drug-likeness (QED) is 0.732. The number of halogens is 1. The summed E-state index contributed by atoms with van der Waals surface area (Å²) in [5.41, 5.74) is 1.49. The zero-order valence-electron chi connectivity index (χ0n) is 11.3. The van der Waals surface area contributed by atoms with Gasteiger partial charge in [0.15, 0.2) is 0 Å². The van der Waals surface area contributed by atoms with Gasteiger partial charge in [-0.05, 0) is 49.8 Å². The molecule has 18 heavy (non-hydrogen) atoms. The van der Waals surface area contributed by atoms with Crippen LogP contribution in [-0.4, -0.2) is 30.4 Å². The second-order valence-corrected chi connectivity index (χ2v) is 6.00. The van der Waals surface area contributed by atoms with Gasteiger partial charge in [-0.3, -0.25) is 0 Å². The molecule has 100 valence electrons. The van der Waals surface area contributed by atoms with Crippen LogP contribution < -0.4 is 0 Å². The molecule has 1 nitrogen and oxygen atoms in total. The summed E-state index contributed by atoms with van der Waals surface area (Å²) in [5.74, 6) is 2.27. The van der Waals surface area contributed by atoms with Gasteiger partial charge in [0, 0.05) is 12.4 Å². The highest BCUT2D eigenvalue weighted by Crippen LogP contribution is 2.22. The van der Waals surface area contributed by atoms with Crippen LogP contribution in [0.2, 0.25) is 0 Å². The Hall–Kier alpha value is -0.530. The lowest BCUT2D eigenvalue weighted by molar-refractivity contribution is 0.168. The van der Waals surface area contributed by atoms with Crippen molar-refractivity contribution in [3.63, 3.8) is 0 Å². The Kier molecular flexibility index (Phi) is 5.52. The minimum absolute atomic E-state index is 0.623. The Morgan fingerprint density at radius 1 is 1.22 bits per heavy atom. The maximum atomic E-state index is 5.88. The predicted molar refractivity (Wildman–Crippen MR) is 79.2 cm³/mol. The number of benzene rings is 1. The van der Waals surface area contributed by atoms with E-state index < -0.39 is 0 Å². The molecule has 2 rings (SSSR count). The zero-order valence-corrected chi connectivity index (χ0v) is 12.1. The number of rotatable bonds is 5. The minimum Gasteiger partial charge on any atom is -0.303 e. The van der Waals surface area contributed by atoms with Crippen LogP contribution in [0, 0.1) is 11.8 Å². The maximum absolute atomic E-state index is 5.88. The summed E-state index contributed by atoms with van der Waals surface area (Å²) in [6.45, 7) is 5.90. The molecule has 0 bridgehead atoms. The predicted octanol–water partition coefficient (Wildman–Crippen LogP) is 3.82. The van der Waals surface area contributed by atoms with Gasteiger partial charge in [0.1, 0.15) is 0 Å². The molecule has 0 aromatic heterocycles. The largest absolute Gasteiger partial charge is 0.303 e. The van der Waals surface area contributed by atoms with E-state index in [1.54, 1.807) is 0 Å². The number of alkyl halides is 1. The first-order valence-corrected chi connectivity index (χ1v) is 7.63. The van der Waals surface area contributed by atoms with E-state index in [1.807, 2.05) is 0 Å². The van der Waals surface area contributed by atoms with Crippen LogP contribution >= 0.6 is 11.6 Å². The number of nitrogens with zero attached hydrogens (tertiary/aromatic N) is 1. The van der Waals surface area contributed by atoms with Gasteiger partial charge in [-0.1, -0.05) is 37.3 Å². The summed E-state index contributed by atoms with van der Waals surface area (Å²) in [6, 6.07) is 10.9. The third kappa shape index (κ3) is 4.29. The van der Waals surface area contributed by atoms with E-state index in [2.05, 4.69) is 42.2 Å². The molecule has 1 saturated heterocycles. The molecule has 0 saturated carbocycles. The molecule has 0 N–H and O–H groups in total. The van der Waals surface area contributed by atoms with Crippen molar-refractivity contribution < 1.29 is 0 Å². The molecule has 2 heteroatoms. The van der Waals surface area contributed by atoms with Crippen LogP contribution in [-0.2, 0) is 6.42 Å². The van der Waals surface area contributed by atoms with Crippen LogP contribution in [0.15, 0.2) is 30.3 Å². The standard InChI is InChI=1S/C16H24ClN/c1-14(12-17)13-18-9-7-16(8-10-18)11-15-5-3-2-4-6-15/h2-6,14,16H,7-13H2,1H3. The molecule has 0 radical (unpaired) electrons. The van der Waals surface area contributed by atoms with Crippen molar-refractivity contribution >= 4 is 11.6 Å². The molecule has 0 aliphatic carbocycles. The van der Waals surface area contributed by atoms with E-state index in [1.165, 1.54) is 44.5 Å². The Balaban J connectivity index is 1.73. The smallest absolute Gasteiger partial charge is 0.0261 e. The molecule has 1 heterocycles. The average molecular weight is 266 g/mol. The van der Waals surface area contributed by atoms with Gasteiger partial charge in [0.2, 0.25) is 0 Å². The summed E-state index contributed by atoms with van der Waals surface area (Å²) >= 11 is 5.88. The second-order valence-electron chi connectivity index (χ2n) is 5.69. The number of hydrogen-bond acceptors (Lipinski definition) is 1. The molecule has 1 atom stereocenters. The van der Waals surface area contributed by atoms with E-state index in [0.717, 1.165) is 11.8 Å². The van der Waals surface area contributed by atoms with Crippen molar-refractivity contribution in [1.29, 1.82) is 0 Å². The number of likely N-dealkylation sites (tertiary alicyclic amines) is 1. The minimum atomic E-state index is 0.623. The third-order valence-electron chi connectivity index (χ3n) is 3.91. The molecule has 1 fully saturated rings. The fourth-order valence-electron chi connectivity index (χ4n) is 2.81. The van der Waals surface area contributed by atoms with E-state index >= 15 is 0 Å². The normalized spacial score (nSPS) is 19.9. The second kappa shape index (κ2) is 7.16. The molecule has 1 aliphatic heterocycles. The van der Waals surface area contributed by atoms with E-state index in [4.69, 9.17) is 11.6 Å². The lowest BCUT2D eigenvalue weighted by Crippen LogP contribution is -2.37. The lowest BCUT2D eigenvalue weighted by atomic mass is 9.90. The van der Waals surface area contributed by atoms with Gasteiger partial charge in [-0.15, -0.1) is 11.6 Å². The van der Waals surface area contributed by atoms with Gasteiger partial charge >= 0.3 is 0 Å². The molecule has 1 aliphatic rings. The van der Waals surface area contributed by atoms with E-state index in [-0.39, 0.29) is 0 Å². The zero-order chi connectivity index (χ0) is 12.8. The van der Waals surface area contributed by atoms with Gasteiger partial charge < -0.3 is 4.90 Å². The lowest BCUT2D eigenvalue weighted by Gasteiger charge is -2.33. The Morgan fingerprint density at radius 3 is 2.50 bits per heavy atom. The summed E-state index contributed by atoms with van der Waals surface area (Å²) in [6.07, 6.45) is 3.92. The molecular weight excluding hydrogens is 242 g/mol. The maximum Gasteiger partial charge on any atom is 0.0261 e. The first kappa shape index (κ1) is 13.9. The van der Waals surface area contributed by atoms with Gasteiger partial charge in [0.25, 0.3) is 0 Å². The van der Waals surface area contributed by atoms with Crippen molar-refractivity contribution in [1.82, 2.24) is 4.90 Å². The summed E-state index contributed by atoms with van der Waals surface area (Å²) < 4.78 is 0. The fraction of sp³-hybridized carbons (Fsp3) is 0.625. The molecular formula is C16H24ClN. The van der Waals surface area contributed by atoms with Crippen LogP contribution in [0.3, 0.4) is 0 Å². The Labute approximate surface area is 116 Å². The first-order valence-electron chi connectivity index (χ1n) is 7.10. The van der Waals surface area contributed by atoms with E-state index in [0.29, 0.717) is 5.92 Å². The molecule has 1 aromatic rings. The van der Waals surface area contributed by atoms with Crippen molar-refractivity contribution in [2.24, 2.45) is 11.8 Å². The van der Waals surface area contributed by atoms with Crippen LogP contribution in [0.4, 0.5) is 0 Å². The highest BCUT2D eigenvalue weighted by Gasteiger charge is 2.20. The molecule has 0 amide bonds. The highest BCUT2D eigenvalue weighted by atomic mass is 35.5. The SMILES string of the molecule is CC(CCl)CN1CCC(Cc2ccccc2)CC1. The Bertz CT molecular complexity index is 330. The highest BCUT2D eigenvalue weighted by molar-refractivity contribution is 6.18. The Morgan fingerprint density at radius 2 is 1.89 bits per heavy atom.